The molecule has 0 aromatic heterocycles. The molecule has 120 valence electrons. The molecule has 1 amide bonds. The fraction of sp³-hybridized carbons (Fsp3) is 0.923. The third-order valence-corrected chi connectivity index (χ3v) is 2.04. The second-order valence-corrected chi connectivity index (χ2v) is 4.28. The summed E-state index contributed by atoms with van der Waals surface area (Å²) < 4.78 is 26.1. The average molecular weight is 293 g/mol. The van der Waals surface area contributed by atoms with Crippen LogP contribution < -0.4 is 5.73 Å². The van der Waals surface area contributed by atoms with Crippen molar-refractivity contribution in [1.82, 2.24) is 0 Å². The van der Waals surface area contributed by atoms with Crippen LogP contribution in [0.4, 0.5) is 0 Å². The molecule has 0 fully saturated rings. The van der Waals surface area contributed by atoms with E-state index >= 15 is 0 Å². The number of carbonyl (C=O) groups excluding carboxylic acids is 1. The zero-order valence-electron chi connectivity index (χ0n) is 12.5. The molecule has 0 spiro atoms. The topological polar surface area (TPSA) is 89.2 Å². The van der Waals surface area contributed by atoms with Crippen LogP contribution in [0.3, 0.4) is 0 Å². The average Bonchev–Trinajstić information content (AvgIpc) is 2.38. The number of amides is 1. The smallest absolute Gasteiger partial charge is 0.243 e. The van der Waals surface area contributed by atoms with Gasteiger partial charge >= 0.3 is 0 Å². The molecule has 7 heteroatoms. The molecule has 0 saturated carbocycles. The second-order valence-electron chi connectivity index (χ2n) is 4.28. The van der Waals surface area contributed by atoms with E-state index in [1.807, 2.05) is 13.8 Å². The SMILES string of the molecule is CC(C)OCCOCCOCCOCCOCC(N)=O. The van der Waals surface area contributed by atoms with E-state index in [1.54, 1.807) is 0 Å². The molecular formula is C13H27NO6. The number of hydrogen-bond donors (Lipinski definition) is 1. The molecule has 20 heavy (non-hydrogen) atoms. The highest BCUT2D eigenvalue weighted by atomic mass is 16.6. The van der Waals surface area contributed by atoms with Crippen molar-refractivity contribution in [3.8, 4) is 0 Å². The van der Waals surface area contributed by atoms with E-state index in [1.165, 1.54) is 0 Å². The first-order valence-electron chi connectivity index (χ1n) is 6.83. The highest BCUT2D eigenvalue weighted by molar-refractivity contribution is 5.74. The molecule has 2 N–H and O–H groups in total. The first kappa shape index (κ1) is 19.3. The summed E-state index contributed by atoms with van der Waals surface area (Å²) in [5, 5.41) is 0. The Morgan fingerprint density at radius 1 is 0.800 bits per heavy atom. The summed E-state index contributed by atoms with van der Waals surface area (Å²) in [7, 11) is 0. The molecular weight excluding hydrogens is 266 g/mol. The molecule has 0 atom stereocenters. The molecule has 0 bridgehead atoms. The van der Waals surface area contributed by atoms with E-state index in [0.29, 0.717) is 52.9 Å². The lowest BCUT2D eigenvalue weighted by Gasteiger charge is -2.08. The molecule has 0 heterocycles. The molecule has 0 radical (unpaired) electrons. The fourth-order valence-electron chi connectivity index (χ4n) is 1.18. The van der Waals surface area contributed by atoms with Crippen molar-refractivity contribution in [2.75, 3.05) is 59.5 Å². The van der Waals surface area contributed by atoms with Gasteiger partial charge in [0.25, 0.3) is 0 Å². The molecule has 0 aliphatic rings. The van der Waals surface area contributed by atoms with Gasteiger partial charge in [-0.15, -0.1) is 0 Å². The Balaban J connectivity index is 2.97. The number of primary amides is 1. The van der Waals surface area contributed by atoms with Gasteiger partial charge in [0.2, 0.25) is 5.91 Å². The maximum Gasteiger partial charge on any atom is 0.243 e. The summed E-state index contributed by atoms with van der Waals surface area (Å²) in [5.74, 6) is -0.480. The molecule has 0 rings (SSSR count). The number of carbonyl (C=O) groups is 1. The van der Waals surface area contributed by atoms with Crippen molar-refractivity contribution < 1.29 is 28.5 Å². The van der Waals surface area contributed by atoms with Crippen LogP contribution in [0.1, 0.15) is 13.8 Å². The van der Waals surface area contributed by atoms with Crippen molar-refractivity contribution in [3.05, 3.63) is 0 Å². The Bertz CT molecular complexity index is 225. The maximum absolute atomic E-state index is 10.4. The zero-order valence-corrected chi connectivity index (χ0v) is 12.5. The van der Waals surface area contributed by atoms with Crippen LogP contribution in [-0.2, 0) is 28.5 Å². The molecule has 0 unspecified atom stereocenters. The predicted molar refractivity (Wildman–Crippen MR) is 73.6 cm³/mol. The highest BCUT2D eigenvalue weighted by Crippen LogP contribution is 1.87. The maximum atomic E-state index is 10.4. The van der Waals surface area contributed by atoms with Crippen LogP contribution in [0.5, 0.6) is 0 Å². The Hall–Kier alpha value is -0.730. The van der Waals surface area contributed by atoms with Gasteiger partial charge in [-0.25, -0.2) is 0 Å². The Morgan fingerprint density at radius 3 is 1.60 bits per heavy atom. The normalized spacial score (nSPS) is 11.2. The van der Waals surface area contributed by atoms with Crippen LogP contribution in [-0.4, -0.2) is 71.5 Å². The van der Waals surface area contributed by atoms with Gasteiger partial charge in [0.05, 0.1) is 59.0 Å². The first-order chi connectivity index (χ1) is 9.63. The molecule has 7 nitrogen and oxygen atoms in total. The third kappa shape index (κ3) is 17.3. The van der Waals surface area contributed by atoms with Crippen LogP contribution >= 0.6 is 0 Å². The van der Waals surface area contributed by atoms with Crippen molar-refractivity contribution in [2.45, 2.75) is 20.0 Å². The molecule has 0 saturated heterocycles. The van der Waals surface area contributed by atoms with Gasteiger partial charge in [0.15, 0.2) is 0 Å². The monoisotopic (exact) mass is 293 g/mol. The van der Waals surface area contributed by atoms with Crippen LogP contribution in [0, 0.1) is 0 Å². The summed E-state index contributed by atoms with van der Waals surface area (Å²) in [5.41, 5.74) is 4.90. The van der Waals surface area contributed by atoms with Gasteiger partial charge in [0.1, 0.15) is 6.61 Å². The van der Waals surface area contributed by atoms with Crippen molar-refractivity contribution in [2.24, 2.45) is 5.73 Å². The van der Waals surface area contributed by atoms with Crippen molar-refractivity contribution >= 4 is 5.91 Å². The quantitative estimate of drug-likeness (QED) is 0.426. The molecule has 0 aliphatic carbocycles. The number of nitrogens with two attached hydrogens (primary N) is 1. The van der Waals surface area contributed by atoms with Gasteiger partial charge in [-0.05, 0) is 13.8 Å². The zero-order chi connectivity index (χ0) is 15.1. The summed E-state index contributed by atoms with van der Waals surface area (Å²) in [6, 6.07) is 0. The van der Waals surface area contributed by atoms with Crippen molar-refractivity contribution in [1.29, 1.82) is 0 Å². The Morgan fingerprint density at radius 2 is 1.20 bits per heavy atom. The summed E-state index contributed by atoms with van der Waals surface area (Å²) >= 11 is 0. The first-order valence-corrected chi connectivity index (χ1v) is 6.83. The lowest BCUT2D eigenvalue weighted by Crippen LogP contribution is -2.20. The Labute approximate surface area is 120 Å². The van der Waals surface area contributed by atoms with E-state index in [9.17, 15) is 4.79 Å². The molecule has 0 aliphatic heterocycles. The van der Waals surface area contributed by atoms with Gasteiger partial charge in [-0.1, -0.05) is 0 Å². The minimum atomic E-state index is -0.480. The van der Waals surface area contributed by atoms with Crippen LogP contribution in [0.15, 0.2) is 0 Å². The van der Waals surface area contributed by atoms with Crippen LogP contribution in [0.2, 0.25) is 0 Å². The van der Waals surface area contributed by atoms with E-state index in [-0.39, 0.29) is 12.7 Å². The lowest BCUT2D eigenvalue weighted by atomic mass is 10.5. The predicted octanol–water partition coefficient (Wildman–Crippen LogP) is -0.0369. The summed E-state index contributed by atoms with van der Waals surface area (Å²) in [4.78, 5) is 10.4. The third-order valence-electron chi connectivity index (χ3n) is 2.04. The summed E-state index contributed by atoms with van der Waals surface area (Å²) in [6.45, 7) is 7.91. The minimum Gasteiger partial charge on any atom is -0.377 e. The van der Waals surface area contributed by atoms with E-state index in [2.05, 4.69) is 0 Å². The number of ether oxygens (including phenoxy) is 5. The van der Waals surface area contributed by atoms with E-state index in [4.69, 9.17) is 29.4 Å². The number of hydrogen-bond acceptors (Lipinski definition) is 6. The van der Waals surface area contributed by atoms with E-state index in [0.717, 1.165) is 0 Å². The van der Waals surface area contributed by atoms with Crippen LogP contribution in [0.25, 0.3) is 0 Å². The van der Waals surface area contributed by atoms with E-state index < -0.39 is 5.91 Å². The Kier molecular flexibility index (Phi) is 14.1. The van der Waals surface area contributed by atoms with Gasteiger partial charge in [-0.3, -0.25) is 4.79 Å². The number of rotatable bonds is 15. The fourth-order valence-corrected chi connectivity index (χ4v) is 1.18. The molecule has 0 aromatic rings. The largest absolute Gasteiger partial charge is 0.377 e. The van der Waals surface area contributed by atoms with Crippen molar-refractivity contribution in [3.63, 3.8) is 0 Å². The molecule has 0 aromatic carbocycles. The van der Waals surface area contributed by atoms with Gasteiger partial charge < -0.3 is 29.4 Å². The van der Waals surface area contributed by atoms with Gasteiger partial charge in [-0.2, -0.15) is 0 Å². The van der Waals surface area contributed by atoms with Gasteiger partial charge in [0, 0.05) is 0 Å². The highest BCUT2D eigenvalue weighted by Gasteiger charge is 1.95. The summed E-state index contributed by atoms with van der Waals surface area (Å²) in [6.07, 6.45) is 0.235. The standard InChI is InChI=1S/C13H27NO6/c1-12(2)20-10-9-18-6-5-16-3-4-17-7-8-19-11-13(14)15/h12H,3-11H2,1-2H3,(H2,14,15). The lowest BCUT2D eigenvalue weighted by molar-refractivity contribution is -0.123. The minimum absolute atomic E-state index is 0.0717. The second kappa shape index (κ2) is 14.7.